The fraction of sp³-hybridized carbons (Fsp3) is 0.533. The summed E-state index contributed by atoms with van der Waals surface area (Å²) in [6.45, 7) is 7.05. The van der Waals surface area contributed by atoms with E-state index in [1.807, 2.05) is 19.9 Å². The van der Waals surface area contributed by atoms with Crippen molar-refractivity contribution in [1.82, 2.24) is 25.2 Å². The van der Waals surface area contributed by atoms with E-state index in [2.05, 4.69) is 24.9 Å². The average molecular weight is 317 g/mol. The molecule has 0 aromatic carbocycles. The Morgan fingerprint density at radius 3 is 2.83 bits per heavy atom. The first-order valence-corrected chi connectivity index (χ1v) is 7.52. The summed E-state index contributed by atoms with van der Waals surface area (Å²) in [6.07, 6.45) is -0.0474. The largest absolute Gasteiger partial charge is 0.368 e. The van der Waals surface area contributed by atoms with Gasteiger partial charge in [0.2, 0.25) is 5.91 Å². The van der Waals surface area contributed by atoms with Gasteiger partial charge < -0.3 is 9.64 Å². The lowest BCUT2D eigenvalue weighted by Crippen LogP contribution is -2.43. The first-order chi connectivity index (χ1) is 11.0. The molecule has 1 fully saturated rings. The van der Waals surface area contributed by atoms with Gasteiger partial charge in [0.05, 0.1) is 25.3 Å². The standard InChI is InChI=1S/C15H19N5O3/c1-9-6-13(17-11(3)16-9)14-8-20(4-5-22-14)15(21)7-12-10(2)18-23-19-12/h6,14H,4-5,7-8H2,1-3H3/t14-/m0/s1. The Morgan fingerprint density at radius 2 is 2.13 bits per heavy atom. The first kappa shape index (κ1) is 15.5. The Morgan fingerprint density at radius 1 is 1.30 bits per heavy atom. The van der Waals surface area contributed by atoms with E-state index in [0.717, 1.165) is 11.4 Å². The SMILES string of the molecule is Cc1cc([C@@H]2CN(C(=O)Cc3nonc3C)CCO2)nc(C)n1. The zero-order valence-corrected chi connectivity index (χ0v) is 13.4. The van der Waals surface area contributed by atoms with Crippen molar-refractivity contribution in [3.63, 3.8) is 0 Å². The zero-order valence-electron chi connectivity index (χ0n) is 13.4. The second-order valence-corrected chi connectivity index (χ2v) is 5.65. The monoisotopic (exact) mass is 317 g/mol. The molecule has 0 saturated carbocycles. The van der Waals surface area contributed by atoms with Crippen molar-refractivity contribution in [2.24, 2.45) is 0 Å². The highest BCUT2D eigenvalue weighted by atomic mass is 16.6. The van der Waals surface area contributed by atoms with E-state index in [1.165, 1.54) is 0 Å². The quantitative estimate of drug-likeness (QED) is 0.831. The van der Waals surface area contributed by atoms with Gasteiger partial charge in [-0.2, -0.15) is 0 Å². The summed E-state index contributed by atoms with van der Waals surface area (Å²) in [6, 6.07) is 1.90. The van der Waals surface area contributed by atoms with Crippen molar-refractivity contribution < 1.29 is 14.2 Å². The Bertz CT molecular complexity index is 695. The number of carbonyl (C=O) groups is 1. The average Bonchev–Trinajstić information content (AvgIpc) is 2.91. The van der Waals surface area contributed by atoms with Crippen LogP contribution in [-0.2, 0) is 16.0 Å². The fourth-order valence-electron chi connectivity index (χ4n) is 2.63. The maximum absolute atomic E-state index is 12.5. The third-order valence-electron chi connectivity index (χ3n) is 3.80. The maximum atomic E-state index is 12.5. The van der Waals surface area contributed by atoms with Gasteiger partial charge in [-0.05, 0) is 26.8 Å². The molecular formula is C15H19N5O3. The number of hydrogen-bond acceptors (Lipinski definition) is 7. The van der Waals surface area contributed by atoms with E-state index >= 15 is 0 Å². The molecule has 1 saturated heterocycles. The van der Waals surface area contributed by atoms with Crippen LogP contribution in [0.2, 0.25) is 0 Å². The molecule has 1 aliphatic rings. The van der Waals surface area contributed by atoms with E-state index in [9.17, 15) is 4.79 Å². The van der Waals surface area contributed by atoms with Gasteiger partial charge in [-0.15, -0.1) is 0 Å². The van der Waals surface area contributed by atoms with Crippen LogP contribution in [0.5, 0.6) is 0 Å². The van der Waals surface area contributed by atoms with Crippen LogP contribution in [0.25, 0.3) is 0 Å². The number of aryl methyl sites for hydroxylation is 3. The molecule has 3 heterocycles. The number of amides is 1. The smallest absolute Gasteiger partial charge is 0.228 e. The molecule has 0 bridgehead atoms. The first-order valence-electron chi connectivity index (χ1n) is 7.52. The van der Waals surface area contributed by atoms with Gasteiger partial charge in [0.25, 0.3) is 0 Å². The molecule has 2 aromatic rings. The predicted molar refractivity (Wildman–Crippen MR) is 79.5 cm³/mol. The van der Waals surface area contributed by atoms with Gasteiger partial charge in [0.1, 0.15) is 23.3 Å². The molecule has 8 heteroatoms. The Labute approximate surface area is 133 Å². The van der Waals surface area contributed by atoms with Gasteiger partial charge >= 0.3 is 0 Å². The fourth-order valence-corrected chi connectivity index (χ4v) is 2.63. The van der Waals surface area contributed by atoms with Crippen LogP contribution in [0.3, 0.4) is 0 Å². The molecule has 0 spiro atoms. The topological polar surface area (TPSA) is 94.2 Å². The third-order valence-corrected chi connectivity index (χ3v) is 3.80. The van der Waals surface area contributed by atoms with E-state index in [4.69, 9.17) is 4.74 Å². The third kappa shape index (κ3) is 3.53. The molecule has 8 nitrogen and oxygen atoms in total. The maximum Gasteiger partial charge on any atom is 0.228 e. The molecular weight excluding hydrogens is 298 g/mol. The predicted octanol–water partition coefficient (Wildman–Crippen LogP) is 0.927. The second kappa shape index (κ2) is 6.41. The highest BCUT2D eigenvalue weighted by molar-refractivity contribution is 5.78. The van der Waals surface area contributed by atoms with Crippen molar-refractivity contribution in [3.8, 4) is 0 Å². The van der Waals surface area contributed by atoms with Crippen molar-refractivity contribution >= 4 is 5.91 Å². The number of carbonyl (C=O) groups excluding carboxylic acids is 1. The molecule has 0 unspecified atom stereocenters. The molecule has 1 aliphatic heterocycles. The van der Waals surface area contributed by atoms with Crippen molar-refractivity contribution in [3.05, 3.63) is 34.7 Å². The summed E-state index contributed by atoms with van der Waals surface area (Å²) in [5.74, 6) is 0.691. The van der Waals surface area contributed by atoms with Crippen LogP contribution >= 0.6 is 0 Å². The number of rotatable bonds is 3. The number of ether oxygens (including phenoxy) is 1. The highest BCUT2D eigenvalue weighted by Crippen LogP contribution is 2.22. The van der Waals surface area contributed by atoms with Gasteiger partial charge in [-0.1, -0.05) is 10.3 Å². The van der Waals surface area contributed by atoms with Gasteiger partial charge in [0.15, 0.2) is 0 Å². The molecule has 0 N–H and O–H groups in total. The number of aromatic nitrogens is 4. The summed E-state index contributed by atoms with van der Waals surface area (Å²) in [5.41, 5.74) is 2.92. The van der Waals surface area contributed by atoms with Crippen molar-refractivity contribution in [1.29, 1.82) is 0 Å². The number of nitrogens with zero attached hydrogens (tertiary/aromatic N) is 5. The Kier molecular flexibility index (Phi) is 4.33. The van der Waals surface area contributed by atoms with Crippen molar-refractivity contribution in [2.45, 2.75) is 33.3 Å². The summed E-state index contributed by atoms with van der Waals surface area (Å²) >= 11 is 0. The minimum absolute atomic E-state index is 0.0143. The highest BCUT2D eigenvalue weighted by Gasteiger charge is 2.27. The Balaban J connectivity index is 1.70. The lowest BCUT2D eigenvalue weighted by atomic mass is 10.1. The minimum atomic E-state index is -0.232. The molecule has 3 rings (SSSR count). The molecule has 0 aliphatic carbocycles. The molecule has 2 aromatic heterocycles. The van der Waals surface area contributed by atoms with E-state index in [-0.39, 0.29) is 18.4 Å². The van der Waals surface area contributed by atoms with Crippen LogP contribution in [-0.4, -0.2) is 50.8 Å². The summed E-state index contributed by atoms with van der Waals surface area (Å²) in [4.78, 5) is 22.9. The second-order valence-electron chi connectivity index (χ2n) is 5.65. The van der Waals surface area contributed by atoms with Crippen molar-refractivity contribution in [2.75, 3.05) is 19.7 Å². The molecule has 23 heavy (non-hydrogen) atoms. The van der Waals surface area contributed by atoms with Gasteiger partial charge in [-0.3, -0.25) is 4.79 Å². The van der Waals surface area contributed by atoms with Gasteiger partial charge in [0, 0.05) is 12.2 Å². The minimum Gasteiger partial charge on any atom is -0.368 e. The molecule has 122 valence electrons. The van der Waals surface area contributed by atoms with Crippen LogP contribution in [0.15, 0.2) is 10.7 Å². The molecule has 1 atom stereocenters. The van der Waals surface area contributed by atoms with Gasteiger partial charge in [-0.25, -0.2) is 14.6 Å². The van der Waals surface area contributed by atoms with Crippen LogP contribution in [0, 0.1) is 20.8 Å². The zero-order chi connectivity index (χ0) is 16.4. The van der Waals surface area contributed by atoms with Crippen LogP contribution < -0.4 is 0 Å². The van der Waals surface area contributed by atoms with E-state index < -0.39 is 0 Å². The van der Waals surface area contributed by atoms with E-state index in [1.54, 1.807) is 11.8 Å². The summed E-state index contributed by atoms with van der Waals surface area (Å²) in [5, 5.41) is 7.46. The Hall–Kier alpha value is -2.35. The van der Waals surface area contributed by atoms with Crippen LogP contribution in [0.1, 0.15) is 34.7 Å². The lowest BCUT2D eigenvalue weighted by Gasteiger charge is -2.32. The van der Waals surface area contributed by atoms with Crippen LogP contribution in [0.4, 0.5) is 0 Å². The van der Waals surface area contributed by atoms with E-state index in [0.29, 0.717) is 36.9 Å². The molecule has 0 radical (unpaired) electrons. The summed E-state index contributed by atoms with van der Waals surface area (Å²) in [7, 11) is 0. The number of morpholine rings is 1. The lowest BCUT2D eigenvalue weighted by molar-refractivity contribution is -0.138. The normalized spacial score (nSPS) is 18.2. The molecule has 1 amide bonds. The number of hydrogen-bond donors (Lipinski definition) is 0. The summed E-state index contributed by atoms with van der Waals surface area (Å²) < 4.78 is 10.4.